The average Bonchev–Trinajstić information content (AvgIpc) is 3.72. The van der Waals surface area contributed by atoms with Crippen LogP contribution in [0, 0.1) is 0 Å². The molecule has 0 radical (unpaired) electrons. The van der Waals surface area contributed by atoms with E-state index in [-0.39, 0.29) is 33.4 Å². The maximum atomic E-state index is 9.01. The number of hydrogen-bond donors (Lipinski definition) is 0. The van der Waals surface area contributed by atoms with Crippen molar-refractivity contribution >= 4 is 56.4 Å². The van der Waals surface area contributed by atoms with Crippen molar-refractivity contribution in [3.8, 4) is 45.3 Å². The van der Waals surface area contributed by atoms with E-state index in [0.29, 0.717) is 28.4 Å². The summed E-state index contributed by atoms with van der Waals surface area (Å²) >= 11 is -0.787. The number of hydrogen-bond acceptors (Lipinski definition) is 4. The normalized spacial score (nSPS) is 14.7. The predicted octanol–water partition coefficient (Wildman–Crippen LogP) is 10.6. The van der Waals surface area contributed by atoms with Crippen molar-refractivity contribution in [2.45, 2.75) is 26.2 Å². The van der Waals surface area contributed by atoms with Crippen molar-refractivity contribution in [1.29, 1.82) is 0 Å². The third-order valence-corrected chi connectivity index (χ3v) is 13.1. The Morgan fingerprint density at radius 1 is 0.672 bits per heavy atom. The summed E-state index contributed by atoms with van der Waals surface area (Å²) in [4.78, 5) is 11.8. The Balaban J connectivity index is 1.12. The van der Waals surface area contributed by atoms with Crippen LogP contribution >= 0.6 is 0 Å². The van der Waals surface area contributed by atoms with Gasteiger partial charge < -0.3 is 0 Å². The third kappa shape index (κ3) is 6.63. The van der Waals surface area contributed by atoms with Crippen LogP contribution in [0.3, 0.4) is 0 Å². The van der Waals surface area contributed by atoms with Crippen LogP contribution in [-0.4, -0.2) is 35.5 Å². The smallest absolute Gasteiger partial charge is 0.0616 e. The molecule has 0 amide bonds. The molecule has 9 aromatic rings. The minimum Gasteiger partial charge on any atom is -0.0616 e. The molecule has 0 bridgehead atoms. The van der Waals surface area contributed by atoms with Crippen LogP contribution in [0.15, 0.2) is 188 Å². The van der Waals surface area contributed by atoms with Crippen LogP contribution in [0.1, 0.15) is 40.0 Å². The molecule has 0 N–H and O–H groups in total. The molecule has 58 heavy (non-hydrogen) atoms. The Kier molecular flexibility index (Phi) is 6.72. The van der Waals surface area contributed by atoms with E-state index in [1.54, 1.807) is 29.1 Å². The first-order chi connectivity index (χ1) is 32.5. The molecular weight excluding hydrogens is 826 g/mol. The van der Waals surface area contributed by atoms with Gasteiger partial charge in [-0.2, -0.15) is 0 Å². The summed E-state index contributed by atoms with van der Waals surface area (Å²) in [5, 5.41) is 0. The van der Waals surface area contributed by atoms with E-state index in [9.17, 15) is 0 Å². The summed E-state index contributed by atoms with van der Waals surface area (Å²) in [6, 6.07) is 29.2. The van der Waals surface area contributed by atoms with Gasteiger partial charge in [-0.25, -0.2) is 0 Å². The van der Waals surface area contributed by atoms with Crippen molar-refractivity contribution in [2.75, 3.05) is 4.90 Å². The second kappa shape index (κ2) is 14.8. The summed E-state index contributed by atoms with van der Waals surface area (Å²) < 4.78 is 99.6. The fourth-order valence-electron chi connectivity index (χ4n) is 7.24. The second-order valence-electron chi connectivity index (χ2n) is 14.7. The third-order valence-electron chi connectivity index (χ3n) is 9.99. The molecule has 1 aliphatic rings. The zero-order chi connectivity index (χ0) is 47.9. The number of rotatable bonds is 7. The van der Waals surface area contributed by atoms with Gasteiger partial charge in [-0.1, -0.05) is 84.7 Å². The molecule has 7 heteroatoms. The van der Waals surface area contributed by atoms with E-state index >= 15 is 0 Å². The Bertz CT molecular complexity index is 3410. The van der Waals surface area contributed by atoms with Gasteiger partial charge in [-0.15, -0.1) is 0 Å². The Morgan fingerprint density at radius 2 is 1.38 bits per heavy atom. The standard InChI is InChI=1S/C51H40N5OTe/c1-51(2,3)37-28-29-52-48(30-37)56-44-26-12-13-27-46(44)58-47-33-53-49(32-45(47)56)57-39-21-14-20-38(31-39)54-34-55(43-25-11-10-24-42(43)54)50-40(35-16-6-4-7-17-35)22-15-23-41(50)36-18-8-5-9-19-36/h4-34H,1-3H3/q+1/i4D,5D,6D,7D,8D,9D,16D,17D,18D,19D. The van der Waals surface area contributed by atoms with Crippen molar-refractivity contribution < 1.29 is 23.0 Å². The Morgan fingerprint density at radius 3 is 2.14 bits per heavy atom. The van der Waals surface area contributed by atoms with Crippen LogP contribution in [0.2, 0.25) is 0 Å². The topological polar surface area (TPSA) is 47.1 Å². The molecule has 10 rings (SSSR count). The first kappa shape index (κ1) is 26.4. The van der Waals surface area contributed by atoms with E-state index in [4.69, 9.17) is 28.4 Å². The van der Waals surface area contributed by atoms with E-state index < -0.39 is 81.3 Å². The maximum Gasteiger partial charge on any atom is 0.0629 e. The molecule has 0 saturated heterocycles. The van der Waals surface area contributed by atoms with Crippen LogP contribution < -0.4 is 21.4 Å². The second-order valence-corrected chi connectivity index (χ2v) is 17.8. The number of aromatic nitrogens is 4. The summed E-state index contributed by atoms with van der Waals surface area (Å²) in [6.45, 7) is 6.55. The molecular formula is C51H40N5OTe+. The van der Waals surface area contributed by atoms with Crippen molar-refractivity contribution in [2.24, 2.45) is 0 Å². The minimum atomic E-state index is -0.787. The van der Waals surface area contributed by atoms with Gasteiger partial charge in [0, 0.05) is 11.1 Å². The Hall–Kier alpha value is -6.52. The van der Waals surface area contributed by atoms with Gasteiger partial charge in [-0.05, 0) is 11.1 Å². The molecule has 0 saturated carbocycles. The summed E-state index contributed by atoms with van der Waals surface area (Å²) in [7, 11) is 0. The summed E-state index contributed by atoms with van der Waals surface area (Å²) in [5.74, 6) is 1.67. The molecule has 1 aliphatic heterocycles. The van der Waals surface area contributed by atoms with Gasteiger partial charge in [0.1, 0.15) is 0 Å². The molecule has 6 aromatic carbocycles. The molecule has 0 aliphatic carbocycles. The molecule has 0 spiro atoms. The van der Waals surface area contributed by atoms with Crippen LogP contribution in [-0.2, 0) is 5.41 Å². The van der Waals surface area contributed by atoms with E-state index in [1.807, 2.05) is 77.6 Å². The predicted molar refractivity (Wildman–Crippen MR) is 236 cm³/mol. The van der Waals surface area contributed by atoms with Gasteiger partial charge in [0.05, 0.1) is 13.7 Å². The minimum absolute atomic E-state index is 0.0910. The number of fused-ring (bicyclic) bond motifs is 3. The average molecular weight is 877 g/mol. The number of anilines is 3. The zero-order valence-corrected chi connectivity index (χ0v) is 34.0. The van der Waals surface area contributed by atoms with E-state index in [2.05, 4.69) is 56.0 Å². The number of imidazole rings is 1. The summed E-state index contributed by atoms with van der Waals surface area (Å²) in [5.41, 5.74) is 5.48. The fourth-order valence-corrected chi connectivity index (χ4v) is 10.1. The number of nitrogens with zero attached hydrogens (tertiary/aromatic N) is 5. The molecule has 280 valence electrons. The first-order valence-electron chi connectivity index (χ1n) is 23.6. The monoisotopic (exact) mass is 878 g/mol. The largest absolute Gasteiger partial charge is 0.0629 e. The van der Waals surface area contributed by atoms with E-state index in [0.717, 1.165) is 26.4 Å². The zero-order valence-electron chi connectivity index (χ0n) is 41.7. The van der Waals surface area contributed by atoms with Gasteiger partial charge in [0.2, 0.25) is 0 Å². The number of para-hydroxylation sites is 4. The van der Waals surface area contributed by atoms with Crippen molar-refractivity contribution in [3.63, 3.8) is 0 Å². The van der Waals surface area contributed by atoms with Gasteiger partial charge in [0.25, 0.3) is 0 Å². The number of pyridine rings is 2. The molecule has 0 fully saturated rings. The molecule has 4 heterocycles. The molecule has 3 aromatic heterocycles. The molecule has 6 nitrogen and oxygen atoms in total. The van der Waals surface area contributed by atoms with Crippen LogP contribution in [0.5, 0.6) is 11.6 Å². The van der Waals surface area contributed by atoms with Crippen molar-refractivity contribution in [1.82, 2.24) is 14.5 Å². The van der Waals surface area contributed by atoms with Gasteiger partial charge >= 0.3 is 244 Å². The first-order valence-corrected chi connectivity index (χ1v) is 21.0. The van der Waals surface area contributed by atoms with Crippen LogP contribution in [0.4, 0.5) is 17.2 Å². The maximum absolute atomic E-state index is 9.01. The summed E-state index contributed by atoms with van der Waals surface area (Å²) in [6.07, 6.45) is 5.52. The van der Waals surface area contributed by atoms with Gasteiger partial charge in [-0.3, -0.25) is 0 Å². The van der Waals surface area contributed by atoms with Crippen LogP contribution in [0.25, 0.3) is 44.7 Å². The van der Waals surface area contributed by atoms with Crippen molar-refractivity contribution in [3.05, 3.63) is 194 Å². The number of benzene rings is 6. The van der Waals surface area contributed by atoms with E-state index in [1.165, 1.54) is 3.61 Å². The SMILES string of the molecule is [2H]c1c([2H])c([2H])c(-c2cccc(-c3c([2H])c([2H])c([2H])c([2H])c3[2H])c2-[n+]2cn(-c3cccc(Oc4cc5c(cn4)[Te]c4ccccc4N5c4cc(C(C)(C)C)ccn4)c3)c3ccccc32)c([2H])c1[2H]. The van der Waals surface area contributed by atoms with Gasteiger partial charge in [0.15, 0.2) is 0 Å². The quantitative estimate of drug-likeness (QED) is 0.118. The Labute approximate surface area is 362 Å². The molecule has 0 unspecified atom stereocenters. The fraction of sp³-hybridized carbons (Fsp3) is 0.0784. The number of ether oxygens (including phenoxy) is 1. The molecule has 0 atom stereocenters.